The molecule has 17 heavy (non-hydrogen) atoms. The average Bonchev–Trinajstić information content (AvgIpc) is 2.39. The third-order valence-corrected chi connectivity index (χ3v) is 3.93. The third-order valence-electron chi connectivity index (χ3n) is 3.93. The van der Waals surface area contributed by atoms with Crippen LogP contribution in [0.25, 0.3) is 22.4 Å². The Morgan fingerprint density at radius 3 is 3.00 bits per heavy atom. The van der Waals surface area contributed by atoms with Crippen molar-refractivity contribution in [2.45, 2.75) is 19.3 Å². The minimum Gasteiger partial charge on any atom is -0.0798 e. The van der Waals surface area contributed by atoms with Crippen molar-refractivity contribution in [2.75, 3.05) is 0 Å². The largest absolute Gasteiger partial charge is 0.0798 e. The van der Waals surface area contributed by atoms with Gasteiger partial charge < -0.3 is 0 Å². The minimum absolute atomic E-state index is 1.08. The van der Waals surface area contributed by atoms with Crippen molar-refractivity contribution in [1.82, 2.24) is 0 Å². The summed E-state index contributed by atoms with van der Waals surface area (Å²) in [4.78, 5) is 0. The molecular formula is C17H14. The van der Waals surface area contributed by atoms with E-state index in [9.17, 15) is 0 Å². The van der Waals surface area contributed by atoms with Gasteiger partial charge in [0, 0.05) is 0 Å². The monoisotopic (exact) mass is 218 g/mol. The van der Waals surface area contributed by atoms with Crippen molar-refractivity contribution >= 4 is 22.4 Å². The Kier molecular flexibility index (Phi) is 1.81. The first kappa shape index (κ1) is 9.23. The van der Waals surface area contributed by atoms with Gasteiger partial charge in [0.15, 0.2) is 0 Å². The molecule has 2 aliphatic carbocycles. The number of fused-ring (bicyclic) bond motifs is 2. The van der Waals surface area contributed by atoms with Crippen molar-refractivity contribution in [3.63, 3.8) is 0 Å². The third kappa shape index (κ3) is 1.24. The van der Waals surface area contributed by atoms with E-state index in [2.05, 4.69) is 48.6 Å². The molecule has 2 aromatic carbocycles. The minimum atomic E-state index is 1.08. The van der Waals surface area contributed by atoms with Gasteiger partial charge in [0.05, 0.1) is 0 Å². The van der Waals surface area contributed by atoms with E-state index in [0.717, 1.165) is 6.42 Å². The molecule has 2 aliphatic rings. The number of benzene rings is 2. The second-order valence-electron chi connectivity index (χ2n) is 4.92. The summed E-state index contributed by atoms with van der Waals surface area (Å²) in [7, 11) is 0. The molecule has 0 amide bonds. The van der Waals surface area contributed by atoms with Crippen LogP contribution in [0.15, 0.2) is 42.5 Å². The molecule has 0 unspecified atom stereocenters. The first-order chi connectivity index (χ1) is 8.43. The van der Waals surface area contributed by atoms with Crippen LogP contribution in [-0.2, 0) is 6.42 Å². The predicted octanol–water partition coefficient (Wildman–Crippen LogP) is 2.68. The molecule has 0 aromatic heterocycles. The Morgan fingerprint density at radius 2 is 2.00 bits per heavy atom. The van der Waals surface area contributed by atoms with E-state index in [-0.39, 0.29) is 0 Å². The summed E-state index contributed by atoms with van der Waals surface area (Å²) >= 11 is 0. The highest BCUT2D eigenvalue weighted by molar-refractivity contribution is 5.88. The van der Waals surface area contributed by atoms with Crippen molar-refractivity contribution in [2.24, 2.45) is 0 Å². The Morgan fingerprint density at radius 1 is 1.06 bits per heavy atom. The van der Waals surface area contributed by atoms with Crippen LogP contribution in [-0.4, -0.2) is 0 Å². The van der Waals surface area contributed by atoms with E-state index in [1.807, 2.05) is 0 Å². The Bertz CT molecular complexity index is 760. The standard InChI is InChI=1S/C17H14/c1-2-9-15-13(5-1)11-14-8-3-6-12-7-4-10-16(15)17(12)14/h1-2,4-5,7-9,11H,3,6,10H2. The second kappa shape index (κ2) is 3.33. The molecule has 0 radical (unpaired) electrons. The normalized spacial score (nSPS) is 16.8. The molecule has 4 rings (SSSR count). The van der Waals surface area contributed by atoms with E-state index in [4.69, 9.17) is 0 Å². The van der Waals surface area contributed by atoms with Gasteiger partial charge in [-0.15, -0.1) is 0 Å². The summed E-state index contributed by atoms with van der Waals surface area (Å²) in [5.74, 6) is 0. The van der Waals surface area contributed by atoms with E-state index >= 15 is 0 Å². The van der Waals surface area contributed by atoms with Gasteiger partial charge in [-0.25, -0.2) is 0 Å². The van der Waals surface area contributed by atoms with Crippen LogP contribution in [0.3, 0.4) is 0 Å². The lowest BCUT2D eigenvalue weighted by Gasteiger charge is -2.17. The lowest BCUT2D eigenvalue weighted by molar-refractivity contribution is 1.06. The lowest BCUT2D eigenvalue weighted by Crippen LogP contribution is -2.34. The summed E-state index contributed by atoms with van der Waals surface area (Å²) in [6.07, 6.45) is 10.5. The van der Waals surface area contributed by atoms with Crippen molar-refractivity contribution in [3.8, 4) is 0 Å². The predicted molar refractivity (Wildman–Crippen MR) is 73.1 cm³/mol. The zero-order chi connectivity index (χ0) is 11.2. The van der Waals surface area contributed by atoms with Gasteiger partial charge in [-0.3, -0.25) is 0 Å². The highest BCUT2D eigenvalue weighted by Gasteiger charge is 2.12. The molecule has 0 fully saturated rings. The summed E-state index contributed by atoms with van der Waals surface area (Å²) in [6, 6.07) is 11.1. The first-order valence-electron chi connectivity index (χ1n) is 6.34. The van der Waals surface area contributed by atoms with Crippen LogP contribution in [0.1, 0.15) is 18.4 Å². The molecule has 0 heterocycles. The summed E-state index contributed by atoms with van der Waals surface area (Å²) in [5, 5.41) is 5.79. The maximum absolute atomic E-state index is 2.40. The molecule has 0 saturated carbocycles. The molecule has 0 N–H and O–H groups in total. The number of hydrogen-bond donors (Lipinski definition) is 0. The fraction of sp³-hybridized carbons (Fsp3) is 0.176. The summed E-state index contributed by atoms with van der Waals surface area (Å²) in [6.45, 7) is 0. The Hall–Kier alpha value is -1.82. The zero-order valence-electron chi connectivity index (χ0n) is 9.74. The molecule has 0 saturated heterocycles. The van der Waals surface area contributed by atoms with E-state index < -0.39 is 0 Å². The molecule has 82 valence electrons. The fourth-order valence-corrected chi connectivity index (χ4v) is 3.19. The highest BCUT2D eigenvalue weighted by atomic mass is 14.2. The topological polar surface area (TPSA) is 0 Å². The molecule has 0 heteroatoms. The van der Waals surface area contributed by atoms with Crippen molar-refractivity contribution in [1.29, 1.82) is 0 Å². The molecular weight excluding hydrogens is 204 g/mol. The molecule has 2 aromatic rings. The van der Waals surface area contributed by atoms with Crippen LogP contribution >= 0.6 is 0 Å². The molecule has 0 atom stereocenters. The van der Waals surface area contributed by atoms with Gasteiger partial charge in [0.25, 0.3) is 0 Å². The van der Waals surface area contributed by atoms with Gasteiger partial charge in [0.1, 0.15) is 0 Å². The molecule has 0 aliphatic heterocycles. The molecule has 0 spiro atoms. The fourth-order valence-electron chi connectivity index (χ4n) is 3.19. The highest BCUT2D eigenvalue weighted by Crippen LogP contribution is 2.21. The van der Waals surface area contributed by atoms with Crippen LogP contribution in [0.2, 0.25) is 0 Å². The van der Waals surface area contributed by atoms with Crippen LogP contribution in [0.4, 0.5) is 0 Å². The van der Waals surface area contributed by atoms with Gasteiger partial charge in [0.2, 0.25) is 0 Å². The zero-order valence-corrected chi connectivity index (χ0v) is 9.74. The Balaban J connectivity index is 2.33. The van der Waals surface area contributed by atoms with Gasteiger partial charge >= 0.3 is 0 Å². The number of allylic oxidation sites excluding steroid dienone is 2. The average molecular weight is 218 g/mol. The van der Waals surface area contributed by atoms with Gasteiger partial charge in [-0.2, -0.15) is 0 Å². The van der Waals surface area contributed by atoms with Crippen molar-refractivity contribution in [3.05, 3.63) is 58.5 Å². The number of rotatable bonds is 0. The smallest absolute Gasteiger partial charge is 0.00818 e. The van der Waals surface area contributed by atoms with Crippen molar-refractivity contribution < 1.29 is 0 Å². The molecule has 0 nitrogen and oxygen atoms in total. The quantitative estimate of drug-likeness (QED) is 0.637. The van der Waals surface area contributed by atoms with E-state index in [1.54, 1.807) is 0 Å². The van der Waals surface area contributed by atoms with E-state index in [0.29, 0.717) is 0 Å². The maximum atomic E-state index is 2.40. The molecule has 0 bridgehead atoms. The van der Waals surface area contributed by atoms with Gasteiger partial charge in [-0.05, 0) is 57.7 Å². The van der Waals surface area contributed by atoms with Crippen LogP contribution < -0.4 is 10.4 Å². The number of hydrogen-bond acceptors (Lipinski definition) is 0. The second-order valence-corrected chi connectivity index (χ2v) is 4.92. The van der Waals surface area contributed by atoms with Crippen LogP contribution in [0, 0.1) is 0 Å². The van der Waals surface area contributed by atoms with E-state index in [1.165, 1.54) is 45.2 Å². The van der Waals surface area contributed by atoms with Gasteiger partial charge in [-0.1, -0.05) is 42.5 Å². The Labute approximate surface area is 101 Å². The maximum Gasteiger partial charge on any atom is -0.00818 e. The SMILES string of the molecule is C1=CC2=c3c(c4ccccc4cc3=CCC2)C1. The lowest BCUT2D eigenvalue weighted by atomic mass is 9.88. The van der Waals surface area contributed by atoms with Crippen LogP contribution in [0.5, 0.6) is 0 Å². The first-order valence-corrected chi connectivity index (χ1v) is 6.34. The summed E-state index contributed by atoms with van der Waals surface area (Å²) < 4.78 is 0. The summed E-state index contributed by atoms with van der Waals surface area (Å²) in [5.41, 5.74) is 3.07.